The number of halogens is 1. The molecular formula is C12H13ClN4. The molecule has 0 aliphatic carbocycles. The molecule has 1 N–H and O–H groups in total. The number of nitrogens with one attached hydrogen (secondary N) is 1. The second kappa shape index (κ2) is 4.47. The van der Waals surface area contributed by atoms with Gasteiger partial charge in [0.25, 0.3) is 0 Å². The molecule has 1 aromatic heterocycles. The zero-order valence-corrected chi connectivity index (χ0v) is 10.1. The summed E-state index contributed by atoms with van der Waals surface area (Å²) in [6.45, 7) is 2.00. The summed E-state index contributed by atoms with van der Waals surface area (Å²) in [4.78, 5) is 0. The van der Waals surface area contributed by atoms with Gasteiger partial charge >= 0.3 is 0 Å². The lowest BCUT2D eigenvalue weighted by Crippen LogP contribution is -2.15. The first-order valence-electron chi connectivity index (χ1n) is 5.71. The van der Waals surface area contributed by atoms with E-state index in [0.717, 1.165) is 35.8 Å². The topological polar surface area (TPSA) is 42.7 Å². The van der Waals surface area contributed by atoms with Crippen molar-refractivity contribution in [3.05, 3.63) is 35.5 Å². The molecule has 1 fully saturated rings. The maximum Gasteiger partial charge on any atom is 0.0889 e. The highest BCUT2D eigenvalue weighted by molar-refractivity contribution is 6.30. The number of nitrogens with zero attached hydrogens (tertiary/aromatic N) is 3. The molecule has 2 aromatic rings. The van der Waals surface area contributed by atoms with Gasteiger partial charge in [-0.2, -0.15) is 0 Å². The van der Waals surface area contributed by atoms with Crippen LogP contribution < -0.4 is 5.32 Å². The lowest BCUT2D eigenvalue weighted by molar-refractivity contribution is 0.481. The van der Waals surface area contributed by atoms with Gasteiger partial charge in [-0.3, -0.25) is 0 Å². The molecule has 3 rings (SSSR count). The summed E-state index contributed by atoms with van der Waals surface area (Å²) in [5, 5.41) is 12.3. The molecule has 1 unspecified atom stereocenters. The Bertz CT molecular complexity index is 517. The van der Waals surface area contributed by atoms with E-state index in [2.05, 4.69) is 15.6 Å². The summed E-state index contributed by atoms with van der Waals surface area (Å²) in [6, 6.07) is 8.19. The van der Waals surface area contributed by atoms with Crippen molar-refractivity contribution < 1.29 is 0 Å². The minimum absolute atomic E-state index is 0.395. The molecular weight excluding hydrogens is 236 g/mol. The molecule has 88 valence electrons. The van der Waals surface area contributed by atoms with E-state index in [9.17, 15) is 0 Å². The highest BCUT2D eigenvalue weighted by Crippen LogP contribution is 2.25. The summed E-state index contributed by atoms with van der Waals surface area (Å²) in [5.41, 5.74) is 2.09. The molecule has 0 saturated carbocycles. The van der Waals surface area contributed by atoms with Crippen LogP contribution in [0.3, 0.4) is 0 Å². The van der Waals surface area contributed by atoms with Gasteiger partial charge < -0.3 is 5.32 Å². The summed E-state index contributed by atoms with van der Waals surface area (Å²) >= 11 is 6.01. The Kier molecular flexibility index (Phi) is 2.82. The first-order valence-corrected chi connectivity index (χ1v) is 6.09. The van der Waals surface area contributed by atoms with Crippen molar-refractivity contribution in [2.45, 2.75) is 12.5 Å². The highest BCUT2D eigenvalue weighted by Gasteiger charge is 2.20. The molecule has 1 aliphatic heterocycles. The molecule has 0 spiro atoms. The third kappa shape index (κ3) is 2.06. The van der Waals surface area contributed by atoms with E-state index in [4.69, 9.17) is 11.6 Å². The van der Waals surface area contributed by atoms with E-state index >= 15 is 0 Å². The largest absolute Gasteiger partial charge is 0.315 e. The number of benzene rings is 1. The Morgan fingerprint density at radius 3 is 3.12 bits per heavy atom. The van der Waals surface area contributed by atoms with Crippen LogP contribution in [0.1, 0.15) is 12.5 Å². The van der Waals surface area contributed by atoms with Crippen LogP contribution in [0.15, 0.2) is 30.5 Å². The lowest BCUT2D eigenvalue weighted by Gasteiger charge is -2.12. The van der Waals surface area contributed by atoms with Gasteiger partial charge in [-0.1, -0.05) is 28.9 Å². The van der Waals surface area contributed by atoms with Gasteiger partial charge in [0, 0.05) is 17.1 Å². The second-order valence-electron chi connectivity index (χ2n) is 4.22. The minimum atomic E-state index is 0.395. The van der Waals surface area contributed by atoms with E-state index in [1.165, 1.54) is 0 Å². The summed E-state index contributed by atoms with van der Waals surface area (Å²) in [6.07, 6.45) is 2.89. The average Bonchev–Trinajstić information content (AvgIpc) is 3.00. The standard InChI is InChI=1S/C12H13ClN4/c13-10-3-1-2-9(6-10)12-8-15-16-17(12)11-4-5-14-7-11/h1-3,6,8,11,14H,4-5,7H2. The van der Waals surface area contributed by atoms with Crippen molar-refractivity contribution in [2.24, 2.45) is 0 Å². The third-order valence-electron chi connectivity index (χ3n) is 3.08. The van der Waals surface area contributed by atoms with Gasteiger partial charge in [-0.25, -0.2) is 4.68 Å². The molecule has 0 radical (unpaired) electrons. The first kappa shape index (κ1) is 10.7. The molecule has 1 aromatic carbocycles. The molecule has 4 nitrogen and oxygen atoms in total. The van der Waals surface area contributed by atoms with E-state index in [1.807, 2.05) is 28.9 Å². The van der Waals surface area contributed by atoms with Crippen molar-refractivity contribution in [1.29, 1.82) is 0 Å². The van der Waals surface area contributed by atoms with Crippen molar-refractivity contribution in [3.63, 3.8) is 0 Å². The van der Waals surface area contributed by atoms with Crippen LogP contribution in [0.5, 0.6) is 0 Å². The van der Waals surface area contributed by atoms with Crippen LogP contribution in [0, 0.1) is 0 Å². The number of hydrogen-bond donors (Lipinski definition) is 1. The third-order valence-corrected chi connectivity index (χ3v) is 3.31. The smallest absolute Gasteiger partial charge is 0.0889 e. The van der Waals surface area contributed by atoms with E-state index in [0.29, 0.717) is 6.04 Å². The van der Waals surface area contributed by atoms with Crippen LogP contribution in [0.4, 0.5) is 0 Å². The number of aromatic nitrogens is 3. The normalized spacial score (nSPS) is 19.7. The molecule has 0 bridgehead atoms. The van der Waals surface area contributed by atoms with E-state index in [1.54, 1.807) is 6.20 Å². The zero-order valence-electron chi connectivity index (χ0n) is 9.31. The fraction of sp³-hybridized carbons (Fsp3) is 0.333. The average molecular weight is 249 g/mol. The van der Waals surface area contributed by atoms with Crippen molar-refractivity contribution in [2.75, 3.05) is 13.1 Å². The number of hydrogen-bond acceptors (Lipinski definition) is 3. The number of rotatable bonds is 2. The summed E-state index contributed by atoms with van der Waals surface area (Å²) < 4.78 is 1.99. The monoisotopic (exact) mass is 248 g/mol. The quantitative estimate of drug-likeness (QED) is 0.886. The Morgan fingerprint density at radius 2 is 2.35 bits per heavy atom. The fourth-order valence-electron chi connectivity index (χ4n) is 2.22. The van der Waals surface area contributed by atoms with Gasteiger partial charge in [-0.05, 0) is 25.1 Å². The SMILES string of the molecule is Clc1cccc(-c2cnnn2C2CCNC2)c1. The molecule has 1 saturated heterocycles. The Hall–Kier alpha value is -1.39. The van der Waals surface area contributed by atoms with Crippen LogP contribution in [0.2, 0.25) is 5.02 Å². The molecule has 17 heavy (non-hydrogen) atoms. The van der Waals surface area contributed by atoms with Crippen LogP contribution in [0.25, 0.3) is 11.3 Å². The van der Waals surface area contributed by atoms with Crippen LogP contribution in [-0.2, 0) is 0 Å². The minimum Gasteiger partial charge on any atom is -0.315 e. The maximum absolute atomic E-state index is 6.01. The van der Waals surface area contributed by atoms with Crippen molar-refractivity contribution >= 4 is 11.6 Å². The van der Waals surface area contributed by atoms with Gasteiger partial charge in [-0.15, -0.1) is 5.10 Å². The Labute approximate surface area is 105 Å². The second-order valence-corrected chi connectivity index (χ2v) is 4.66. The Balaban J connectivity index is 2.00. The van der Waals surface area contributed by atoms with Crippen LogP contribution >= 0.6 is 11.6 Å². The highest BCUT2D eigenvalue weighted by atomic mass is 35.5. The van der Waals surface area contributed by atoms with Gasteiger partial charge in [0.1, 0.15) is 0 Å². The summed E-state index contributed by atoms with van der Waals surface area (Å²) in [5.74, 6) is 0. The lowest BCUT2D eigenvalue weighted by atomic mass is 10.1. The first-order chi connectivity index (χ1) is 8.34. The Morgan fingerprint density at radius 1 is 1.41 bits per heavy atom. The molecule has 1 atom stereocenters. The van der Waals surface area contributed by atoms with E-state index < -0.39 is 0 Å². The maximum atomic E-state index is 6.01. The van der Waals surface area contributed by atoms with Gasteiger partial charge in [0.2, 0.25) is 0 Å². The summed E-state index contributed by atoms with van der Waals surface area (Å²) in [7, 11) is 0. The predicted molar refractivity (Wildman–Crippen MR) is 67.0 cm³/mol. The van der Waals surface area contributed by atoms with E-state index in [-0.39, 0.29) is 0 Å². The molecule has 0 amide bonds. The van der Waals surface area contributed by atoms with Crippen LogP contribution in [-0.4, -0.2) is 28.1 Å². The molecule has 2 heterocycles. The molecule has 5 heteroatoms. The van der Waals surface area contributed by atoms with Gasteiger partial charge in [0.05, 0.1) is 17.9 Å². The fourth-order valence-corrected chi connectivity index (χ4v) is 2.41. The predicted octanol–water partition coefficient (Wildman–Crippen LogP) is 2.13. The zero-order chi connectivity index (χ0) is 11.7. The van der Waals surface area contributed by atoms with Crippen molar-refractivity contribution in [3.8, 4) is 11.3 Å². The molecule has 1 aliphatic rings. The van der Waals surface area contributed by atoms with Crippen molar-refractivity contribution in [1.82, 2.24) is 20.3 Å². The van der Waals surface area contributed by atoms with Gasteiger partial charge in [0.15, 0.2) is 0 Å².